The number of morpholine rings is 1. The molecular formula is C24H25ClFN5O. The molecule has 6 nitrogen and oxygen atoms in total. The van der Waals surface area contributed by atoms with E-state index in [0.29, 0.717) is 6.54 Å². The second kappa shape index (κ2) is 8.92. The van der Waals surface area contributed by atoms with Crippen molar-refractivity contribution in [2.24, 2.45) is 0 Å². The molecule has 32 heavy (non-hydrogen) atoms. The highest BCUT2D eigenvalue weighted by Gasteiger charge is 2.22. The number of ether oxygens (including phenoxy) is 1. The maximum Gasteiger partial charge on any atom is 0.172 e. The summed E-state index contributed by atoms with van der Waals surface area (Å²) in [7, 11) is 0. The van der Waals surface area contributed by atoms with Crippen LogP contribution in [0.4, 0.5) is 21.6 Å². The molecule has 1 aromatic heterocycles. The van der Waals surface area contributed by atoms with E-state index in [0.717, 1.165) is 73.3 Å². The first kappa shape index (κ1) is 21.0. The molecule has 166 valence electrons. The summed E-state index contributed by atoms with van der Waals surface area (Å²) >= 11 is 6.29. The van der Waals surface area contributed by atoms with Crippen LogP contribution in [-0.2, 0) is 11.3 Å². The van der Waals surface area contributed by atoms with Crippen LogP contribution in [-0.4, -0.2) is 49.6 Å². The Hall–Kier alpha value is -2.90. The number of fused-ring (bicyclic) bond motifs is 1. The lowest BCUT2D eigenvalue weighted by atomic mass is 10.1. The van der Waals surface area contributed by atoms with Crippen molar-refractivity contribution in [2.75, 3.05) is 54.5 Å². The highest BCUT2D eigenvalue weighted by molar-refractivity contribution is 6.31. The molecule has 3 heterocycles. The number of nitrogens with zero attached hydrogens (tertiary/aromatic N) is 4. The first-order chi connectivity index (χ1) is 15.6. The first-order valence-corrected chi connectivity index (χ1v) is 11.2. The standard InChI is InChI=1S/C24H25ClFN5O/c1-16-2-7-20(26)23(25)19(16)15-31-9-8-27-24-22(31)14-21(28-29-24)17-3-5-18(6-4-17)30-10-12-32-13-11-30/h2-7,14H,8-13,15H2,1H3,(H,27,29). The fourth-order valence-electron chi connectivity index (χ4n) is 4.22. The zero-order valence-corrected chi connectivity index (χ0v) is 18.7. The minimum atomic E-state index is -0.392. The van der Waals surface area contributed by atoms with E-state index in [9.17, 15) is 4.39 Å². The maximum absolute atomic E-state index is 14.1. The molecule has 0 unspecified atom stereocenters. The van der Waals surface area contributed by atoms with Crippen LogP contribution in [0.1, 0.15) is 11.1 Å². The Kier molecular flexibility index (Phi) is 5.85. The van der Waals surface area contributed by atoms with E-state index in [1.807, 2.05) is 13.0 Å². The molecule has 0 saturated carbocycles. The van der Waals surface area contributed by atoms with Gasteiger partial charge in [-0.15, -0.1) is 10.2 Å². The Labute approximate surface area is 192 Å². The van der Waals surface area contributed by atoms with Gasteiger partial charge in [0.25, 0.3) is 0 Å². The molecule has 5 rings (SSSR count). The molecule has 2 aliphatic heterocycles. The number of hydrogen-bond donors (Lipinski definition) is 1. The van der Waals surface area contributed by atoms with Crippen LogP contribution in [0.5, 0.6) is 0 Å². The number of benzene rings is 2. The fourth-order valence-corrected chi connectivity index (χ4v) is 4.49. The normalized spacial score (nSPS) is 16.0. The van der Waals surface area contributed by atoms with Crippen LogP contribution in [0.3, 0.4) is 0 Å². The van der Waals surface area contributed by atoms with Crippen molar-refractivity contribution in [3.8, 4) is 11.3 Å². The molecule has 0 radical (unpaired) electrons. The smallest absolute Gasteiger partial charge is 0.172 e. The van der Waals surface area contributed by atoms with Gasteiger partial charge < -0.3 is 19.9 Å². The Morgan fingerprint density at radius 3 is 2.62 bits per heavy atom. The number of nitrogens with one attached hydrogen (secondary N) is 1. The molecule has 0 amide bonds. The third kappa shape index (κ3) is 4.10. The second-order valence-corrected chi connectivity index (χ2v) is 8.49. The number of anilines is 3. The predicted molar refractivity (Wildman–Crippen MR) is 126 cm³/mol. The zero-order chi connectivity index (χ0) is 22.1. The van der Waals surface area contributed by atoms with Gasteiger partial charge in [-0.05, 0) is 42.3 Å². The lowest BCUT2D eigenvalue weighted by Gasteiger charge is -2.32. The van der Waals surface area contributed by atoms with Gasteiger partial charge in [0.1, 0.15) is 5.82 Å². The Balaban J connectivity index is 1.42. The molecule has 0 atom stereocenters. The zero-order valence-electron chi connectivity index (χ0n) is 17.9. The average molecular weight is 454 g/mol. The van der Waals surface area contributed by atoms with Crippen LogP contribution in [0, 0.1) is 12.7 Å². The van der Waals surface area contributed by atoms with Crippen molar-refractivity contribution >= 4 is 28.8 Å². The van der Waals surface area contributed by atoms with Crippen LogP contribution < -0.4 is 15.1 Å². The van der Waals surface area contributed by atoms with Gasteiger partial charge in [0.2, 0.25) is 0 Å². The van der Waals surface area contributed by atoms with Gasteiger partial charge in [0.15, 0.2) is 5.82 Å². The van der Waals surface area contributed by atoms with E-state index in [2.05, 4.69) is 49.6 Å². The topological polar surface area (TPSA) is 53.5 Å². The summed E-state index contributed by atoms with van der Waals surface area (Å²) in [5.41, 5.74) is 5.70. The Morgan fingerprint density at radius 2 is 1.84 bits per heavy atom. The fraction of sp³-hybridized carbons (Fsp3) is 0.333. The second-order valence-electron chi connectivity index (χ2n) is 8.11. The van der Waals surface area contributed by atoms with Gasteiger partial charge in [-0.2, -0.15) is 0 Å². The highest BCUT2D eigenvalue weighted by Crippen LogP contribution is 2.34. The summed E-state index contributed by atoms with van der Waals surface area (Å²) < 4.78 is 19.5. The van der Waals surface area contributed by atoms with Crippen LogP contribution >= 0.6 is 11.6 Å². The molecule has 2 aromatic carbocycles. The van der Waals surface area contributed by atoms with Crippen molar-refractivity contribution < 1.29 is 9.13 Å². The van der Waals surface area contributed by atoms with Crippen LogP contribution in [0.15, 0.2) is 42.5 Å². The van der Waals surface area contributed by atoms with E-state index in [4.69, 9.17) is 16.3 Å². The van der Waals surface area contributed by atoms with Gasteiger partial charge in [0.05, 0.1) is 29.6 Å². The average Bonchev–Trinajstić information content (AvgIpc) is 2.85. The van der Waals surface area contributed by atoms with Gasteiger partial charge >= 0.3 is 0 Å². The van der Waals surface area contributed by atoms with Gasteiger partial charge in [0, 0.05) is 44.0 Å². The van der Waals surface area contributed by atoms with Crippen molar-refractivity contribution in [3.63, 3.8) is 0 Å². The quantitative estimate of drug-likeness (QED) is 0.627. The summed E-state index contributed by atoms with van der Waals surface area (Å²) in [4.78, 5) is 4.50. The summed E-state index contributed by atoms with van der Waals surface area (Å²) in [6.45, 7) is 7.29. The van der Waals surface area contributed by atoms with E-state index >= 15 is 0 Å². The first-order valence-electron chi connectivity index (χ1n) is 10.8. The summed E-state index contributed by atoms with van der Waals surface area (Å²) in [6.07, 6.45) is 0. The molecule has 8 heteroatoms. The molecular weight excluding hydrogens is 429 g/mol. The van der Waals surface area contributed by atoms with Crippen molar-refractivity contribution in [3.05, 3.63) is 64.4 Å². The number of hydrogen-bond acceptors (Lipinski definition) is 6. The lowest BCUT2D eigenvalue weighted by molar-refractivity contribution is 0.122. The van der Waals surface area contributed by atoms with E-state index in [1.54, 1.807) is 6.07 Å². The van der Waals surface area contributed by atoms with Crippen LogP contribution in [0.25, 0.3) is 11.3 Å². The SMILES string of the molecule is Cc1ccc(F)c(Cl)c1CN1CCNc2nnc(-c3ccc(N4CCOCC4)cc3)cc21. The Morgan fingerprint density at radius 1 is 1.06 bits per heavy atom. The predicted octanol–water partition coefficient (Wildman–Crippen LogP) is 4.51. The largest absolute Gasteiger partial charge is 0.378 e. The molecule has 1 fully saturated rings. The molecule has 0 bridgehead atoms. The molecule has 0 aliphatic carbocycles. The van der Waals surface area contributed by atoms with Crippen molar-refractivity contribution in [1.29, 1.82) is 0 Å². The minimum absolute atomic E-state index is 0.186. The summed E-state index contributed by atoms with van der Waals surface area (Å²) in [5.74, 6) is 0.339. The summed E-state index contributed by atoms with van der Waals surface area (Å²) in [6, 6.07) is 13.6. The Bertz CT molecular complexity index is 1120. The molecule has 2 aliphatic rings. The third-order valence-corrected chi connectivity index (χ3v) is 6.52. The summed E-state index contributed by atoms with van der Waals surface area (Å²) in [5, 5.41) is 12.4. The molecule has 3 aromatic rings. The highest BCUT2D eigenvalue weighted by atomic mass is 35.5. The number of aromatic nitrogens is 2. The van der Waals surface area contributed by atoms with E-state index in [1.165, 1.54) is 11.8 Å². The maximum atomic E-state index is 14.1. The van der Waals surface area contributed by atoms with Crippen molar-refractivity contribution in [1.82, 2.24) is 10.2 Å². The van der Waals surface area contributed by atoms with Crippen molar-refractivity contribution in [2.45, 2.75) is 13.5 Å². The number of halogens is 2. The third-order valence-electron chi connectivity index (χ3n) is 6.11. The molecule has 1 saturated heterocycles. The molecule has 1 N–H and O–H groups in total. The minimum Gasteiger partial charge on any atom is -0.378 e. The van der Waals surface area contributed by atoms with Gasteiger partial charge in [-0.3, -0.25) is 0 Å². The lowest BCUT2D eigenvalue weighted by Crippen LogP contribution is -2.36. The number of rotatable bonds is 4. The van der Waals surface area contributed by atoms with E-state index in [-0.39, 0.29) is 5.02 Å². The van der Waals surface area contributed by atoms with E-state index < -0.39 is 5.82 Å². The number of aryl methyl sites for hydroxylation is 1. The molecule has 0 spiro atoms. The van der Waals surface area contributed by atoms with Gasteiger partial charge in [-0.1, -0.05) is 29.8 Å². The van der Waals surface area contributed by atoms with Gasteiger partial charge in [-0.25, -0.2) is 4.39 Å². The van der Waals surface area contributed by atoms with Crippen LogP contribution in [0.2, 0.25) is 5.02 Å². The monoisotopic (exact) mass is 453 g/mol.